The number of aryl methyl sites for hydroxylation is 1. The molecular formula is C16H25N3O2. The van der Waals surface area contributed by atoms with E-state index in [2.05, 4.69) is 11.0 Å². The highest BCUT2D eigenvalue weighted by molar-refractivity contribution is 5.69. The molecule has 5 nitrogen and oxygen atoms in total. The number of anilines is 2. The van der Waals surface area contributed by atoms with E-state index in [1.54, 1.807) is 4.90 Å². The number of nitrogens with two attached hydrogens (primary N) is 1. The van der Waals surface area contributed by atoms with Crippen LogP contribution in [0.3, 0.4) is 0 Å². The van der Waals surface area contributed by atoms with Crippen LogP contribution in [0.5, 0.6) is 0 Å². The van der Waals surface area contributed by atoms with Crippen molar-refractivity contribution in [2.24, 2.45) is 0 Å². The first-order valence-corrected chi connectivity index (χ1v) is 7.35. The van der Waals surface area contributed by atoms with Crippen molar-refractivity contribution in [2.45, 2.75) is 33.3 Å². The molecule has 5 heteroatoms. The zero-order valence-corrected chi connectivity index (χ0v) is 13.3. The Bertz CT molecular complexity index is 494. The number of benzene rings is 1. The minimum Gasteiger partial charge on any atom is -0.444 e. The van der Waals surface area contributed by atoms with E-state index in [0.717, 1.165) is 30.0 Å². The number of piperazine rings is 1. The Morgan fingerprint density at radius 3 is 2.29 bits per heavy atom. The van der Waals surface area contributed by atoms with Gasteiger partial charge in [-0.3, -0.25) is 0 Å². The van der Waals surface area contributed by atoms with Gasteiger partial charge in [-0.15, -0.1) is 0 Å². The molecule has 0 radical (unpaired) electrons. The second-order valence-corrected chi connectivity index (χ2v) is 6.56. The summed E-state index contributed by atoms with van der Waals surface area (Å²) >= 11 is 0. The quantitative estimate of drug-likeness (QED) is 0.808. The van der Waals surface area contributed by atoms with Crippen molar-refractivity contribution >= 4 is 17.5 Å². The zero-order chi connectivity index (χ0) is 15.6. The summed E-state index contributed by atoms with van der Waals surface area (Å²) in [5.41, 5.74) is 8.51. The lowest BCUT2D eigenvalue weighted by Crippen LogP contribution is -2.50. The molecule has 1 fully saturated rings. The molecule has 1 aromatic carbocycles. The van der Waals surface area contributed by atoms with Gasteiger partial charge in [-0.1, -0.05) is 0 Å². The Morgan fingerprint density at radius 2 is 1.76 bits per heavy atom. The van der Waals surface area contributed by atoms with Gasteiger partial charge in [0.25, 0.3) is 0 Å². The molecule has 21 heavy (non-hydrogen) atoms. The Balaban J connectivity index is 1.95. The minimum atomic E-state index is -0.445. The molecule has 0 aromatic heterocycles. The maximum atomic E-state index is 12.0. The number of hydrogen-bond acceptors (Lipinski definition) is 4. The van der Waals surface area contributed by atoms with Gasteiger partial charge in [0.05, 0.1) is 0 Å². The third kappa shape index (κ3) is 4.28. The van der Waals surface area contributed by atoms with Crippen LogP contribution in [0.25, 0.3) is 0 Å². The van der Waals surface area contributed by atoms with Gasteiger partial charge in [-0.25, -0.2) is 4.79 Å². The van der Waals surface area contributed by atoms with E-state index < -0.39 is 5.60 Å². The first-order valence-electron chi connectivity index (χ1n) is 7.35. The molecule has 1 aliphatic rings. The van der Waals surface area contributed by atoms with E-state index in [0.29, 0.717) is 13.1 Å². The zero-order valence-electron chi connectivity index (χ0n) is 13.3. The number of carbonyl (C=O) groups excluding carboxylic acids is 1. The van der Waals surface area contributed by atoms with Crippen LogP contribution in [0.1, 0.15) is 26.3 Å². The third-order valence-corrected chi connectivity index (χ3v) is 3.38. The Labute approximate surface area is 126 Å². The van der Waals surface area contributed by atoms with E-state index in [9.17, 15) is 4.79 Å². The Hall–Kier alpha value is -1.91. The molecule has 2 N–H and O–H groups in total. The van der Waals surface area contributed by atoms with Crippen LogP contribution in [0.2, 0.25) is 0 Å². The second kappa shape index (κ2) is 5.84. The molecule has 2 rings (SSSR count). The lowest BCUT2D eigenvalue weighted by atomic mass is 10.1. The van der Waals surface area contributed by atoms with Gasteiger partial charge in [0.1, 0.15) is 5.60 Å². The summed E-state index contributed by atoms with van der Waals surface area (Å²) in [5.74, 6) is 0. The van der Waals surface area contributed by atoms with Crippen molar-refractivity contribution in [2.75, 3.05) is 36.8 Å². The average molecular weight is 291 g/mol. The number of ether oxygens (including phenoxy) is 1. The highest BCUT2D eigenvalue weighted by Gasteiger charge is 2.25. The maximum Gasteiger partial charge on any atom is 0.410 e. The predicted molar refractivity (Wildman–Crippen MR) is 85.6 cm³/mol. The summed E-state index contributed by atoms with van der Waals surface area (Å²) < 4.78 is 5.40. The summed E-state index contributed by atoms with van der Waals surface area (Å²) in [6, 6.07) is 6.07. The molecule has 0 aliphatic carbocycles. The summed E-state index contributed by atoms with van der Waals surface area (Å²) in [4.78, 5) is 16.0. The van der Waals surface area contributed by atoms with Gasteiger partial charge in [0.2, 0.25) is 0 Å². The molecule has 1 amide bonds. The van der Waals surface area contributed by atoms with E-state index >= 15 is 0 Å². The van der Waals surface area contributed by atoms with Crippen molar-refractivity contribution in [3.8, 4) is 0 Å². The highest BCUT2D eigenvalue weighted by atomic mass is 16.6. The molecule has 1 aromatic rings. The van der Waals surface area contributed by atoms with Crippen molar-refractivity contribution in [3.63, 3.8) is 0 Å². The SMILES string of the molecule is Cc1cc(N)cc(N2CCN(C(=O)OC(C)(C)C)CC2)c1. The highest BCUT2D eigenvalue weighted by Crippen LogP contribution is 2.22. The van der Waals surface area contributed by atoms with Crippen LogP contribution in [-0.2, 0) is 4.74 Å². The molecule has 1 heterocycles. The molecule has 1 saturated heterocycles. The van der Waals surface area contributed by atoms with Crippen molar-refractivity contribution in [1.29, 1.82) is 0 Å². The van der Waals surface area contributed by atoms with Crippen LogP contribution in [0.15, 0.2) is 18.2 Å². The molecule has 0 unspecified atom stereocenters. The molecular weight excluding hydrogens is 266 g/mol. The molecule has 0 saturated carbocycles. The smallest absolute Gasteiger partial charge is 0.410 e. The fourth-order valence-electron chi connectivity index (χ4n) is 2.45. The fourth-order valence-corrected chi connectivity index (χ4v) is 2.45. The van der Waals surface area contributed by atoms with E-state index in [-0.39, 0.29) is 6.09 Å². The summed E-state index contributed by atoms with van der Waals surface area (Å²) in [5, 5.41) is 0. The molecule has 1 aliphatic heterocycles. The number of hydrogen-bond donors (Lipinski definition) is 1. The molecule has 0 atom stereocenters. The first kappa shape index (κ1) is 15.5. The Kier molecular flexibility index (Phi) is 4.30. The standard InChI is InChI=1S/C16H25N3O2/c1-12-9-13(17)11-14(10-12)18-5-7-19(8-6-18)15(20)21-16(2,3)4/h9-11H,5-8,17H2,1-4H3. The predicted octanol–water partition coefficient (Wildman–Crippen LogP) is 2.63. The van der Waals surface area contributed by atoms with Crippen LogP contribution in [0, 0.1) is 6.92 Å². The van der Waals surface area contributed by atoms with Gasteiger partial charge < -0.3 is 20.3 Å². The van der Waals surface area contributed by atoms with Gasteiger partial charge in [0, 0.05) is 37.6 Å². The Morgan fingerprint density at radius 1 is 1.14 bits per heavy atom. The van der Waals surface area contributed by atoms with Crippen LogP contribution in [-0.4, -0.2) is 42.8 Å². The lowest BCUT2D eigenvalue weighted by Gasteiger charge is -2.37. The lowest BCUT2D eigenvalue weighted by molar-refractivity contribution is 0.0240. The van der Waals surface area contributed by atoms with Gasteiger partial charge in [-0.05, 0) is 51.5 Å². The summed E-state index contributed by atoms with van der Waals surface area (Å²) in [6.45, 7) is 10.6. The topological polar surface area (TPSA) is 58.8 Å². The van der Waals surface area contributed by atoms with Crippen molar-refractivity contribution < 1.29 is 9.53 Å². The van der Waals surface area contributed by atoms with E-state index in [4.69, 9.17) is 10.5 Å². The minimum absolute atomic E-state index is 0.231. The number of nitrogen functional groups attached to an aromatic ring is 1. The molecule has 116 valence electrons. The number of amides is 1. The number of carbonyl (C=O) groups is 1. The molecule has 0 bridgehead atoms. The van der Waals surface area contributed by atoms with Crippen LogP contribution >= 0.6 is 0 Å². The van der Waals surface area contributed by atoms with Gasteiger partial charge in [-0.2, -0.15) is 0 Å². The second-order valence-electron chi connectivity index (χ2n) is 6.56. The number of rotatable bonds is 1. The summed E-state index contributed by atoms with van der Waals surface area (Å²) in [6.07, 6.45) is -0.231. The monoisotopic (exact) mass is 291 g/mol. The fraction of sp³-hybridized carbons (Fsp3) is 0.562. The van der Waals surface area contributed by atoms with Crippen molar-refractivity contribution in [1.82, 2.24) is 4.90 Å². The van der Waals surface area contributed by atoms with Gasteiger partial charge >= 0.3 is 6.09 Å². The van der Waals surface area contributed by atoms with Crippen LogP contribution < -0.4 is 10.6 Å². The first-order chi connectivity index (χ1) is 9.74. The largest absolute Gasteiger partial charge is 0.444 e. The van der Waals surface area contributed by atoms with E-state index in [1.165, 1.54) is 0 Å². The average Bonchev–Trinajstić information content (AvgIpc) is 2.35. The van der Waals surface area contributed by atoms with Gasteiger partial charge in [0.15, 0.2) is 0 Å². The van der Waals surface area contributed by atoms with Crippen molar-refractivity contribution in [3.05, 3.63) is 23.8 Å². The number of nitrogens with zero attached hydrogens (tertiary/aromatic N) is 2. The maximum absolute atomic E-state index is 12.0. The van der Waals surface area contributed by atoms with E-state index in [1.807, 2.05) is 39.8 Å². The third-order valence-electron chi connectivity index (χ3n) is 3.38. The molecule has 0 spiro atoms. The normalized spacial score (nSPS) is 16.0. The summed E-state index contributed by atoms with van der Waals surface area (Å²) in [7, 11) is 0. The van der Waals surface area contributed by atoms with Crippen LogP contribution in [0.4, 0.5) is 16.2 Å².